The average Bonchev–Trinajstić information content (AvgIpc) is 3.35. The molecule has 0 saturated heterocycles. The smallest absolute Gasteiger partial charge is 0.248 e. The first kappa shape index (κ1) is 27.0. The van der Waals surface area contributed by atoms with E-state index >= 15 is 0 Å². The van der Waals surface area contributed by atoms with Crippen molar-refractivity contribution in [2.75, 3.05) is 0 Å². The quantitative estimate of drug-likeness (QED) is 0.122. The second kappa shape index (κ2) is 12.3. The number of nitrogens with one attached hydrogen (secondary N) is 2. The number of nitrogens with two attached hydrogens (primary N) is 1. The molecule has 0 spiro atoms. The van der Waals surface area contributed by atoms with Gasteiger partial charge in [-0.3, -0.25) is 25.0 Å². The molecule has 3 atom stereocenters. The molecule has 0 fully saturated rings. The Kier molecular flexibility index (Phi) is 9.77. The van der Waals surface area contributed by atoms with E-state index in [1.165, 1.54) is 12.3 Å². The average molecular weight is 470 g/mol. The number of Topliss-reactive ketones (excluding diaryl/α,β-unsaturated/α-hetero) is 1. The van der Waals surface area contributed by atoms with Gasteiger partial charge in [-0.2, -0.15) is 0 Å². The van der Waals surface area contributed by atoms with Crippen molar-refractivity contribution in [3.05, 3.63) is 66.1 Å². The number of carbonyl (C=O) groups excluding carboxylic acids is 3. The van der Waals surface area contributed by atoms with Crippen molar-refractivity contribution in [3.8, 4) is 0 Å². The van der Waals surface area contributed by atoms with E-state index in [1.807, 2.05) is 58.0 Å². The van der Waals surface area contributed by atoms with Gasteiger partial charge < -0.3 is 4.42 Å². The fourth-order valence-corrected chi connectivity index (χ4v) is 4.58. The monoisotopic (exact) mass is 469 g/mol. The van der Waals surface area contributed by atoms with Gasteiger partial charge in [-0.25, -0.2) is 11.3 Å². The summed E-state index contributed by atoms with van der Waals surface area (Å²) in [6.45, 7) is 7.66. The molecule has 2 rings (SSSR count). The molecule has 1 aromatic heterocycles. The Labute approximate surface area is 200 Å². The Hall–Kier alpha value is -3.23. The predicted octanol–water partition coefficient (Wildman–Crippen LogP) is 3.98. The highest BCUT2D eigenvalue weighted by Crippen LogP contribution is 2.46. The maximum atomic E-state index is 14.1. The molecule has 2 aromatic rings. The fraction of sp³-hybridized carbons (Fsp3) is 0.423. The zero-order valence-electron chi connectivity index (χ0n) is 20.2. The van der Waals surface area contributed by atoms with Crippen LogP contribution in [0.5, 0.6) is 0 Å². The molecule has 8 heteroatoms. The van der Waals surface area contributed by atoms with Crippen molar-refractivity contribution >= 4 is 23.7 Å². The van der Waals surface area contributed by atoms with Crippen LogP contribution >= 0.6 is 0 Å². The van der Waals surface area contributed by atoms with Crippen molar-refractivity contribution in [2.45, 2.75) is 40.5 Å². The second-order valence-corrected chi connectivity index (χ2v) is 9.39. The minimum Gasteiger partial charge on any atom is -0.461 e. The molecule has 1 aromatic carbocycles. The maximum absolute atomic E-state index is 14.1. The first-order valence-corrected chi connectivity index (χ1v) is 11.4. The Morgan fingerprint density at radius 1 is 1.03 bits per heavy atom. The van der Waals surface area contributed by atoms with E-state index in [0.29, 0.717) is 0 Å². The third-order valence-corrected chi connectivity index (χ3v) is 5.84. The molecule has 0 radical (unpaired) electrons. The summed E-state index contributed by atoms with van der Waals surface area (Å²) < 4.78 is 5.44. The Morgan fingerprint density at radius 3 is 2.21 bits per heavy atom. The van der Waals surface area contributed by atoms with Gasteiger partial charge >= 0.3 is 0 Å². The van der Waals surface area contributed by atoms with Crippen molar-refractivity contribution in [1.29, 1.82) is 0 Å². The highest BCUT2D eigenvalue weighted by Gasteiger charge is 2.53. The van der Waals surface area contributed by atoms with Gasteiger partial charge in [0.25, 0.3) is 0 Å². The highest BCUT2D eigenvalue weighted by molar-refractivity contribution is 6.04. The topological polar surface area (TPSA) is 135 Å². The number of benzene rings is 1. The van der Waals surface area contributed by atoms with E-state index in [1.54, 1.807) is 23.7 Å². The van der Waals surface area contributed by atoms with Crippen LogP contribution in [0, 0.1) is 29.1 Å². The fourth-order valence-electron chi connectivity index (χ4n) is 4.58. The summed E-state index contributed by atoms with van der Waals surface area (Å²) in [4.78, 5) is 40.3. The van der Waals surface area contributed by atoms with Crippen molar-refractivity contribution in [2.24, 2.45) is 34.9 Å². The molecule has 1 heterocycles. The number of carbonyl (C=O) groups is 3. The molecule has 1 unspecified atom stereocenters. The van der Waals surface area contributed by atoms with Gasteiger partial charge in [-0.15, -0.1) is 0 Å². The number of hydroxylamine groups is 1. The third kappa shape index (κ3) is 6.42. The zero-order valence-corrected chi connectivity index (χ0v) is 20.2. The van der Waals surface area contributed by atoms with Gasteiger partial charge in [0, 0.05) is 0 Å². The van der Waals surface area contributed by atoms with Crippen LogP contribution in [0.1, 0.15) is 56.7 Å². The van der Waals surface area contributed by atoms with Crippen LogP contribution in [-0.4, -0.2) is 22.8 Å². The lowest BCUT2D eigenvalue weighted by atomic mass is 9.60. The van der Waals surface area contributed by atoms with E-state index < -0.39 is 34.8 Å². The van der Waals surface area contributed by atoms with Gasteiger partial charge in [0.05, 0.1) is 23.5 Å². The third-order valence-electron chi connectivity index (χ3n) is 5.84. The molecule has 0 saturated carbocycles. The lowest BCUT2D eigenvalue weighted by molar-refractivity contribution is -0.144. The number of amides is 2. The van der Waals surface area contributed by atoms with E-state index in [0.717, 1.165) is 5.56 Å². The normalized spacial score (nSPS) is 15.2. The van der Waals surface area contributed by atoms with Crippen molar-refractivity contribution in [3.63, 3.8) is 0 Å². The van der Waals surface area contributed by atoms with Crippen LogP contribution in [0.2, 0.25) is 0 Å². The molecule has 0 aliphatic rings. The molecular weight excluding hydrogens is 434 g/mol. The van der Waals surface area contributed by atoms with Gasteiger partial charge in [-0.1, -0.05) is 70.2 Å². The lowest BCUT2D eigenvalue weighted by Gasteiger charge is -2.40. The van der Waals surface area contributed by atoms with Gasteiger partial charge in [0.2, 0.25) is 17.6 Å². The molecular formula is C26H35N3O5. The number of hydrogen-bond donors (Lipinski definition) is 4. The summed E-state index contributed by atoms with van der Waals surface area (Å²) in [7, 11) is 0. The number of rotatable bonds is 12. The second-order valence-electron chi connectivity index (χ2n) is 9.39. The summed E-state index contributed by atoms with van der Waals surface area (Å²) in [6.07, 6.45) is 5.30. The van der Waals surface area contributed by atoms with E-state index in [-0.39, 0.29) is 30.4 Å². The standard InChI is InChI=1S/C26H35N3O5/c1-17(2)15-20(24(31)28-27)22(25(32)29-33)26(16-18(3)4,23(30)21-11-8-14-34-21)13-12-19-9-6-5-7-10-19/h5-14,17-18,20,22,33H,15-16,27H2,1-4H3,(H,28,31)(H,29,32)/b13-12+/t20-,22-,26?/m1/s1. The van der Waals surface area contributed by atoms with Gasteiger partial charge in [0.1, 0.15) is 0 Å². The lowest BCUT2D eigenvalue weighted by Crippen LogP contribution is -2.53. The van der Waals surface area contributed by atoms with Crippen molar-refractivity contribution in [1.82, 2.24) is 10.9 Å². The van der Waals surface area contributed by atoms with E-state index in [4.69, 9.17) is 10.3 Å². The first-order chi connectivity index (χ1) is 16.2. The first-order valence-electron chi connectivity index (χ1n) is 11.4. The summed E-state index contributed by atoms with van der Waals surface area (Å²) >= 11 is 0. The molecule has 8 nitrogen and oxygen atoms in total. The summed E-state index contributed by atoms with van der Waals surface area (Å²) in [6, 6.07) is 12.5. The molecule has 0 bridgehead atoms. The van der Waals surface area contributed by atoms with E-state index in [9.17, 15) is 19.6 Å². The summed E-state index contributed by atoms with van der Waals surface area (Å²) in [5.41, 5.74) is 3.14. The molecule has 0 aliphatic carbocycles. The van der Waals surface area contributed by atoms with Crippen LogP contribution < -0.4 is 16.7 Å². The Bertz CT molecular complexity index is 970. The summed E-state index contributed by atoms with van der Waals surface area (Å²) in [5.74, 6) is 1.38. The molecule has 2 amide bonds. The number of furan rings is 1. The predicted molar refractivity (Wildman–Crippen MR) is 129 cm³/mol. The Morgan fingerprint density at radius 2 is 1.71 bits per heavy atom. The number of hydrogen-bond acceptors (Lipinski definition) is 6. The van der Waals surface area contributed by atoms with Crippen LogP contribution in [0.4, 0.5) is 0 Å². The van der Waals surface area contributed by atoms with Gasteiger partial charge in [-0.05, 0) is 42.4 Å². The number of allylic oxidation sites excluding steroid dienone is 1. The summed E-state index contributed by atoms with van der Waals surface area (Å²) in [5, 5.41) is 9.72. The zero-order chi connectivity index (χ0) is 25.3. The molecule has 34 heavy (non-hydrogen) atoms. The SMILES string of the molecule is CC(C)C[C@@H](C(=O)NN)[C@H](C(=O)NO)C(/C=C/c1ccccc1)(CC(C)C)C(=O)c1ccco1. The number of hydrazine groups is 1. The minimum atomic E-state index is -1.51. The molecule has 184 valence electrons. The van der Waals surface area contributed by atoms with Crippen LogP contribution in [0.15, 0.2) is 59.2 Å². The number of ketones is 1. The minimum absolute atomic E-state index is 0.00450. The van der Waals surface area contributed by atoms with Crippen LogP contribution in [0.25, 0.3) is 6.08 Å². The van der Waals surface area contributed by atoms with Crippen LogP contribution in [0.3, 0.4) is 0 Å². The van der Waals surface area contributed by atoms with Gasteiger partial charge in [0.15, 0.2) is 5.76 Å². The largest absolute Gasteiger partial charge is 0.461 e. The van der Waals surface area contributed by atoms with E-state index in [2.05, 4.69) is 5.43 Å². The Balaban J connectivity index is 2.85. The maximum Gasteiger partial charge on any atom is 0.248 e. The van der Waals surface area contributed by atoms with Crippen molar-refractivity contribution < 1.29 is 24.0 Å². The van der Waals surface area contributed by atoms with Crippen LogP contribution in [-0.2, 0) is 9.59 Å². The molecule has 0 aliphatic heterocycles. The highest BCUT2D eigenvalue weighted by atomic mass is 16.5. The molecule has 5 N–H and O–H groups in total.